The van der Waals surface area contributed by atoms with E-state index in [2.05, 4.69) is 20.1 Å². The largest absolute Gasteiger partial charge is 0.405 e. The molecule has 0 bridgehead atoms. The summed E-state index contributed by atoms with van der Waals surface area (Å²) in [5.41, 5.74) is 11.1. The van der Waals surface area contributed by atoms with Crippen LogP contribution in [0.25, 0.3) is 5.95 Å². The van der Waals surface area contributed by atoms with Crippen LogP contribution in [0.3, 0.4) is 0 Å². The van der Waals surface area contributed by atoms with Gasteiger partial charge in [0.25, 0.3) is 5.95 Å². The summed E-state index contributed by atoms with van der Waals surface area (Å²) in [6.07, 6.45) is 7.66. The maximum Gasteiger partial charge on any atom is 0.254 e. The fourth-order valence-corrected chi connectivity index (χ4v) is 1.21. The van der Waals surface area contributed by atoms with Crippen molar-refractivity contribution < 1.29 is 0 Å². The van der Waals surface area contributed by atoms with Crippen molar-refractivity contribution in [3.8, 4) is 5.95 Å². The van der Waals surface area contributed by atoms with Crippen molar-refractivity contribution in [2.45, 2.75) is 0 Å². The van der Waals surface area contributed by atoms with Crippen molar-refractivity contribution >= 4 is 31.2 Å². The maximum absolute atomic E-state index is 5.74. The zero-order chi connectivity index (χ0) is 13.0. The summed E-state index contributed by atoms with van der Waals surface area (Å²) in [5, 5.41) is 4.00. The number of aliphatic imine (C=N–C) groups is 1. The van der Waals surface area contributed by atoms with Gasteiger partial charge in [0, 0.05) is 18.6 Å². The van der Waals surface area contributed by atoms with Crippen molar-refractivity contribution in [2.75, 3.05) is 5.73 Å². The van der Waals surface area contributed by atoms with Gasteiger partial charge in [0.1, 0.15) is 13.7 Å². The van der Waals surface area contributed by atoms with E-state index >= 15 is 0 Å². The summed E-state index contributed by atoms with van der Waals surface area (Å²) in [5.74, 6) is 0.723. The van der Waals surface area contributed by atoms with E-state index in [1.807, 2.05) is 0 Å². The lowest BCUT2D eigenvalue weighted by Gasteiger charge is -2.06. The molecule has 2 aromatic heterocycles. The summed E-state index contributed by atoms with van der Waals surface area (Å²) in [6.45, 7) is 0. The Morgan fingerprint density at radius 2 is 2.22 bits per heavy atom. The number of allylic oxidation sites excluding steroid dienone is 1. The highest BCUT2D eigenvalue weighted by molar-refractivity contribution is 6.38. The normalized spacial score (nSPS) is 11.6. The number of hydrogen-bond acceptors (Lipinski definition) is 6. The highest BCUT2D eigenvalue weighted by Crippen LogP contribution is 2.09. The van der Waals surface area contributed by atoms with Gasteiger partial charge in [-0.3, -0.25) is 0 Å². The number of rotatable bonds is 3. The van der Waals surface area contributed by atoms with Crippen molar-refractivity contribution in [3.63, 3.8) is 0 Å². The smallest absolute Gasteiger partial charge is 0.254 e. The van der Waals surface area contributed by atoms with E-state index < -0.39 is 0 Å². The van der Waals surface area contributed by atoms with Gasteiger partial charge in [0.15, 0.2) is 5.82 Å². The number of nitrogen functional groups attached to an aromatic ring is 1. The maximum atomic E-state index is 5.74. The zero-order valence-electron chi connectivity index (χ0n) is 9.43. The third kappa shape index (κ3) is 2.37. The van der Waals surface area contributed by atoms with Gasteiger partial charge < -0.3 is 11.5 Å². The van der Waals surface area contributed by atoms with Crippen molar-refractivity contribution in [1.29, 1.82) is 0 Å². The van der Waals surface area contributed by atoms with E-state index in [0.717, 1.165) is 0 Å². The molecule has 88 valence electrons. The molecule has 0 aliphatic heterocycles. The molecule has 7 nitrogen and oxygen atoms in total. The van der Waals surface area contributed by atoms with E-state index in [4.69, 9.17) is 19.3 Å². The van der Waals surface area contributed by atoms with Crippen LogP contribution in [0, 0.1) is 0 Å². The molecule has 0 saturated carbocycles. The molecule has 0 saturated heterocycles. The summed E-state index contributed by atoms with van der Waals surface area (Å²) in [7, 11) is 5.74. The Balaban J connectivity index is 2.46. The Hall–Kier alpha value is -2.64. The molecule has 2 heterocycles. The average molecular weight is 239 g/mol. The molecule has 0 amide bonds. The summed E-state index contributed by atoms with van der Waals surface area (Å²) in [6, 6.07) is 1.75. The summed E-state index contributed by atoms with van der Waals surface area (Å²) >= 11 is 0. The molecule has 0 aliphatic carbocycles. The molecule has 0 spiro atoms. The van der Waals surface area contributed by atoms with Crippen LogP contribution in [0.2, 0.25) is 0 Å². The lowest BCUT2D eigenvalue weighted by atomic mass is 9.97. The van der Waals surface area contributed by atoms with Crippen molar-refractivity contribution in [3.05, 3.63) is 30.7 Å². The molecular weight excluding hydrogens is 229 g/mol. The number of hydrogen-bond donors (Lipinski definition) is 2. The molecule has 2 rings (SSSR count). The van der Waals surface area contributed by atoms with E-state index in [1.165, 1.54) is 17.1 Å². The van der Waals surface area contributed by atoms with Gasteiger partial charge in [-0.05, 0) is 23.8 Å². The third-order valence-electron chi connectivity index (χ3n) is 2.05. The molecule has 2 aromatic rings. The molecule has 0 atom stereocenters. The van der Waals surface area contributed by atoms with Crippen LogP contribution in [0.5, 0.6) is 0 Å². The zero-order valence-corrected chi connectivity index (χ0v) is 9.43. The number of anilines is 1. The predicted octanol–water partition coefficient (Wildman–Crippen LogP) is -0.787. The highest BCUT2D eigenvalue weighted by atomic mass is 15.3. The second-order valence-corrected chi connectivity index (χ2v) is 3.26. The lowest BCUT2D eigenvalue weighted by Crippen LogP contribution is -2.17. The lowest BCUT2D eigenvalue weighted by molar-refractivity contribution is 0.812. The van der Waals surface area contributed by atoms with E-state index in [0.29, 0.717) is 5.95 Å². The first-order valence-electron chi connectivity index (χ1n) is 5.06. The van der Waals surface area contributed by atoms with Gasteiger partial charge in [-0.25, -0.2) is 9.67 Å². The van der Waals surface area contributed by atoms with E-state index in [9.17, 15) is 0 Å². The van der Waals surface area contributed by atoms with Gasteiger partial charge in [0.2, 0.25) is 0 Å². The van der Waals surface area contributed by atoms with Gasteiger partial charge in [0.05, 0.1) is 0 Å². The van der Waals surface area contributed by atoms with Gasteiger partial charge >= 0.3 is 0 Å². The van der Waals surface area contributed by atoms with Crippen LogP contribution >= 0.6 is 0 Å². The molecule has 0 fully saturated rings. The second kappa shape index (κ2) is 5.13. The minimum Gasteiger partial charge on any atom is -0.405 e. The Morgan fingerprint density at radius 1 is 1.39 bits per heavy atom. The first kappa shape index (κ1) is 11.8. The monoisotopic (exact) mass is 239 g/mol. The van der Waals surface area contributed by atoms with Crippen molar-refractivity contribution in [1.82, 2.24) is 19.7 Å². The van der Waals surface area contributed by atoms with Crippen LogP contribution in [0.15, 0.2) is 35.7 Å². The minimum atomic E-state index is 0.152. The van der Waals surface area contributed by atoms with Gasteiger partial charge in [-0.15, -0.1) is 0 Å². The fourth-order valence-electron chi connectivity index (χ4n) is 1.21. The average Bonchev–Trinajstić information content (AvgIpc) is 2.88. The first-order chi connectivity index (χ1) is 8.72. The van der Waals surface area contributed by atoms with Crippen LogP contribution in [-0.2, 0) is 0 Å². The Morgan fingerprint density at radius 3 is 2.89 bits per heavy atom. The topological polar surface area (TPSA) is 108 Å². The molecule has 8 heteroatoms. The molecule has 0 aromatic carbocycles. The molecule has 0 unspecified atom stereocenters. The molecular formula is C10H10BN7. The van der Waals surface area contributed by atoms with Gasteiger partial charge in [-0.1, -0.05) is 0 Å². The third-order valence-corrected chi connectivity index (χ3v) is 2.05. The summed E-state index contributed by atoms with van der Waals surface area (Å²) in [4.78, 5) is 12.2. The van der Waals surface area contributed by atoms with Crippen LogP contribution in [-0.4, -0.2) is 33.8 Å². The number of nitrogens with two attached hydrogens (primary N) is 2. The predicted molar refractivity (Wildman–Crippen MR) is 70.4 cm³/mol. The van der Waals surface area contributed by atoms with Crippen LogP contribution in [0.4, 0.5) is 11.6 Å². The minimum absolute atomic E-state index is 0.152. The Bertz CT molecular complexity index is 589. The molecule has 4 N–H and O–H groups in total. The Labute approximate surface area is 105 Å². The van der Waals surface area contributed by atoms with Crippen LogP contribution in [0.1, 0.15) is 0 Å². The number of aromatic nitrogens is 4. The molecule has 18 heavy (non-hydrogen) atoms. The molecule has 2 radical (unpaired) electrons. The SMILES string of the molecule is [B]c1c(N)nc(-n2cccn2)nc1N=CC=CN. The highest BCUT2D eigenvalue weighted by Gasteiger charge is 2.08. The standard InChI is InChI=1S/C10H10BN7/c11-7-8(13)16-10(18-6-2-5-15-18)17-9(7)14-4-1-3-12/h1-6H,12H2,(H2,13,16,17). The van der Waals surface area contributed by atoms with E-state index in [1.54, 1.807) is 24.5 Å². The first-order valence-corrected chi connectivity index (χ1v) is 5.06. The summed E-state index contributed by atoms with van der Waals surface area (Å²) < 4.78 is 1.47. The van der Waals surface area contributed by atoms with Gasteiger partial charge in [-0.2, -0.15) is 15.1 Å². The molecule has 0 aliphatic rings. The quantitative estimate of drug-likeness (QED) is 0.539. The second-order valence-electron chi connectivity index (χ2n) is 3.26. The van der Waals surface area contributed by atoms with Crippen molar-refractivity contribution in [2.24, 2.45) is 10.7 Å². The number of nitrogens with zero attached hydrogens (tertiary/aromatic N) is 5. The Kier molecular flexibility index (Phi) is 3.37. The van der Waals surface area contributed by atoms with E-state index in [-0.39, 0.29) is 17.1 Å². The fraction of sp³-hybridized carbons (Fsp3) is 0. The van der Waals surface area contributed by atoms with Crippen LogP contribution < -0.4 is 16.9 Å².